The summed E-state index contributed by atoms with van der Waals surface area (Å²) in [6.07, 6.45) is 0. The molecule has 2 rings (SSSR count). The van der Waals surface area contributed by atoms with Crippen molar-refractivity contribution >= 4 is 11.9 Å². The number of rotatable bonds is 6. The lowest BCUT2D eigenvalue weighted by Gasteiger charge is -2.38. The number of nitrogens with one attached hydrogen (secondary N) is 2. The third-order valence-electron chi connectivity index (χ3n) is 4.21. The Balaban J connectivity index is 2.07. The van der Waals surface area contributed by atoms with Crippen molar-refractivity contribution in [2.75, 3.05) is 53.5 Å². The third kappa shape index (κ3) is 5.02. The molecule has 0 radical (unpaired) electrons. The van der Waals surface area contributed by atoms with Gasteiger partial charge in [-0.25, -0.2) is 4.79 Å². The van der Waals surface area contributed by atoms with Gasteiger partial charge in [-0.1, -0.05) is 30.3 Å². The smallest absolute Gasteiger partial charge is 0.321 e. The zero-order valence-electron chi connectivity index (χ0n) is 14.3. The highest BCUT2D eigenvalue weighted by Crippen LogP contribution is 2.22. The Hall–Kier alpha value is -1.96. The quantitative estimate of drug-likeness (QED) is 0.790. The second-order valence-electron chi connectivity index (χ2n) is 5.75. The molecule has 132 valence electrons. The molecule has 2 N–H and O–H groups in total. The Bertz CT molecular complexity index is 530. The minimum Gasteiger partial charge on any atom is -0.383 e. The van der Waals surface area contributed by atoms with Gasteiger partial charge in [-0.3, -0.25) is 19.9 Å². The lowest BCUT2D eigenvalue weighted by Crippen LogP contribution is -2.52. The zero-order chi connectivity index (χ0) is 17.4. The lowest BCUT2D eigenvalue weighted by molar-refractivity contribution is -0.126. The van der Waals surface area contributed by atoms with Crippen LogP contribution in [0.25, 0.3) is 0 Å². The summed E-state index contributed by atoms with van der Waals surface area (Å²) in [5, 5.41) is 4.83. The van der Waals surface area contributed by atoms with E-state index in [1.54, 1.807) is 7.11 Å². The molecule has 0 unspecified atom stereocenters. The Morgan fingerprint density at radius 3 is 2.42 bits per heavy atom. The maximum absolute atomic E-state index is 12.6. The number of hydrogen-bond donors (Lipinski definition) is 2. The molecule has 1 aliphatic heterocycles. The second kappa shape index (κ2) is 9.36. The first kappa shape index (κ1) is 18.4. The van der Waals surface area contributed by atoms with E-state index in [4.69, 9.17) is 4.74 Å². The van der Waals surface area contributed by atoms with Gasteiger partial charge in [0.15, 0.2) is 0 Å². The number of hydrogen-bond acceptors (Lipinski definition) is 5. The molecule has 0 aromatic heterocycles. The summed E-state index contributed by atoms with van der Waals surface area (Å²) in [6.45, 7) is 4.89. The highest BCUT2D eigenvalue weighted by atomic mass is 16.5. The molecule has 0 bridgehead atoms. The molecule has 1 fully saturated rings. The highest BCUT2D eigenvalue weighted by Gasteiger charge is 2.31. The molecule has 3 amide bonds. The molecule has 1 aliphatic rings. The summed E-state index contributed by atoms with van der Waals surface area (Å²) in [4.78, 5) is 28.6. The number of imide groups is 1. The average molecular weight is 334 g/mol. The number of carbonyl (C=O) groups excluding carboxylic acids is 2. The van der Waals surface area contributed by atoms with Crippen molar-refractivity contribution in [1.29, 1.82) is 0 Å². The van der Waals surface area contributed by atoms with Crippen LogP contribution >= 0.6 is 0 Å². The van der Waals surface area contributed by atoms with Gasteiger partial charge < -0.3 is 10.1 Å². The van der Waals surface area contributed by atoms with E-state index in [1.165, 1.54) is 7.05 Å². The maximum Gasteiger partial charge on any atom is 0.321 e. The molecular formula is C17H26N4O3. The number of nitrogens with zero attached hydrogens (tertiary/aromatic N) is 2. The van der Waals surface area contributed by atoms with Gasteiger partial charge >= 0.3 is 6.03 Å². The van der Waals surface area contributed by atoms with E-state index in [9.17, 15) is 9.59 Å². The predicted octanol–water partition coefficient (Wildman–Crippen LogP) is 0.447. The first-order chi connectivity index (χ1) is 11.7. The van der Waals surface area contributed by atoms with Crippen molar-refractivity contribution < 1.29 is 14.3 Å². The SMILES string of the molecule is CNC(=O)NC(=O)[C@H](c1ccccc1)N1CCN(CCOC)CC1. The summed E-state index contributed by atoms with van der Waals surface area (Å²) >= 11 is 0. The van der Waals surface area contributed by atoms with Crippen LogP contribution in [0.2, 0.25) is 0 Å². The van der Waals surface area contributed by atoms with Crippen LogP contribution in [0.4, 0.5) is 4.79 Å². The summed E-state index contributed by atoms with van der Waals surface area (Å²) in [6, 6.07) is 8.62. The number of piperazine rings is 1. The summed E-state index contributed by atoms with van der Waals surface area (Å²) in [5.74, 6) is -0.300. The standard InChI is InChI=1S/C17H26N4O3/c1-18-17(23)19-16(22)15(14-6-4-3-5-7-14)21-10-8-20(9-11-21)12-13-24-2/h3-7,15H,8-13H2,1-2H3,(H2,18,19,22,23)/t15-/m0/s1. The van der Waals surface area contributed by atoms with Gasteiger partial charge in [0.2, 0.25) is 5.91 Å². The van der Waals surface area contributed by atoms with Crippen LogP contribution in [0.15, 0.2) is 30.3 Å². The van der Waals surface area contributed by atoms with Gasteiger partial charge in [0, 0.05) is 46.9 Å². The molecule has 0 spiro atoms. The number of urea groups is 1. The van der Waals surface area contributed by atoms with Crippen LogP contribution in [-0.4, -0.2) is 75.2 Å². The molecule has 1 saturated heterocycles. The molecule has 1 heterocycles. The number of amides is 3. The van der Waals surface area contributed by atoms with Crippen molar-refractivity contribution in [3.8, 4) is 0 Å². The molecular weight excluding hydrogens is 308 g/mol. The van der Waals surface area contributed by atoms with Crippen molar-refractivity contribution in [3.63, 3.8) is 0 Å². The predicted molar refractivity (Wildman–Crippen MR) is 91.7 cm³/mol. The van der Waals surface area contributed by atoms with E-state index < -0.39 is 12.1 Å². The van der Waals surface area contributed by atoms with Crippen molar-refractivity contribution in [1.82, 2.24) is 20.4 Å². The van der Waals surface area contributed by atoms with Crippen LogP contribution in [0.1, 0.15) is 11.6 Å². The van der Waals surface area contributed by atoms with Gasteiger partial charge in [0.1, 0.15) is 6.04 Å². The number of benzene rings is 1. The van der Waals surface area contributed by atoms with Crippen molar-refractivity contribution in [2.24, 2.45) is 0 Å². The maximum atomic E-state index is 12.6. The minimum absolute atomic E-state index is 0.300. The van der Waals surface area contributed by atoms with Gasteiger partial charge in [-0.05, 0) is 5.56 Å². The molecule has 0 saturated carbocycles. The first-order valence-electron chi connectivity index (χ1n) is 8.18. The Labute approximate surface area is 142 Å². The molecule has 7 nitrogen and oxygen atoms in total. The topological polar surface area (TPSA) is 73.9 Å². The van der Waals surface area contributed by atoms with E-state index in [-0.39, 0.29) is 5.91 Å². The number of ether oxygens (including phenoxy) is 1. The lowest BCUT2D eigenvalue weighted by atomic mass is 10.0. The van der Waals surface area contributed by atoms with Crippen LogP contribution < -0.4 is 10.6 Å². The van der Waals surface area contributed by atoms with Crippen molar-refractivity contribution in [2.45, 2.75) is 6.04 Å². The fraction of sp³-hybridized carbons (Fsp3) is 0.529. The van der Waals surface area contributed by atoms with Crippen LogP contribution in [0, 0.1) is 0 Å². The third-order valence-corrected chi connectivity index (χ3v) is 4.21. The van der Waals surface area contributed by atoms with Crippen LogP contribution in [0.5, 0.6) is 0 Å². The fourth-order valence-corrected chi connectivity index (χ4v) is 2.87. The summed E-state index contributed by atoms with van der Waals surface area (Å²) in [5.41, 5.74) is 0.893. The largest absolute Gasteiger partial charge is 0.383 e. The molecule has 1 atom stereocenters. The molecule has 0 aliphatic carbocycles. The molecule has 1 aromatic carbocycles. The monoisotopic (exact) mass is 334 g/mol. The van der Waals surface area contributed by atoms with Crippen LogP contribution in [0.3, 0.4) is 0 Å². The first-order valence-corrected chi connectivity index (χ1v) is 8.18. The van der Waals surface area contributed by atoms with Gasteiger partial charge in [-0.2, -0.15) is 0 Å². The summed E-state index contributed by atoms with van der Waals surface area (Å²) < 4.78 is 5.12. The second-order valence-corrected chi connectivity index (χ2v) is 5.75. The Kier molecular flexibility index (Phi) is 7.17. The van der Waals surface area contributed by atoms with Crippen LogP contribution in [-0.2, 0) is 9.53 Å². The average Bonchev–Trinajstić information content (AvgIpc) is 2.62. The van der Waals surface area contributed by atoms with Crippen molar-refractivity contribution in [3.05, 3.63) is 35.9 Å². The molecule has 7 heteroatoms. The number of methoxy groups -OCH3 is 1. The van der Waals surface area contributed by atoms with Gasteiger partial charge in [0.05, 0.1) is 6.61 Å². The van der Waals surface area contributed by atoms with E-state index >= 15 is 0 Å². The zero-order valence-corrected chi connectivity index (χ0v) is 14.3. The molecule has 24 heavy (non-hydrogen) atoms. The molecule has 1 aromatic rings. The van der Waals surface area contributed by atoms with E-state index in [0.29, 0.717) is 6.61 Å². The minimum atomic E-state index is -0.486. The van der Waals surface area contributed by atoms with Gasteiger partial charge in [-0.15, -0.1) is 0 Å². The van der Waals surface area contributed by atoms with Gasteiger partial charge in [0.25, 0.3) is 0 Å². The fourth-order valence-electron chi connectivity index (χ4n) is 2.87. The normalized spacial score (nSPS) is 17.2. The van der Waals surface area contributed by atoms with E-state index in [0.717, 1.165) is 38.3 Å². The number of carbonyl (C=O) groups is 2. The Morgan fingerprint density at radius 2 is 1.83 bits per heavy atom. The Morgan fingerprint density at radius 1 is 1.17 bits per heavy atom. The van der Waals surface area contributed by atoms with E-state index in [2.05, 4.69) is 20.4 Å². The highest BCUT2D eigenvalue weighted by molar-refractivity contribution is 5.97. The summed E-state index contributed by atoms with van der Waals surface area (Å²) in [7, 11) is 3.19. The van der Waals surface area contributed by atoms with E-state index in [1.807, 2.05) is 30.3 Å².